The van der Waals surface area contributed by atoms with Gasteiger partial charge >= 0.3 is 0 Å². The number of piperidine rings is 1. The molecule has 2 heterocycles. The number of hydrogen-bond donors (Lipinski definition) is 2. The lowest BCUT2D eigenvalue weighted by Crippen LogP contribution is -2.42. The molecule has 0 unspecified atom stereocenters. The third kappa shape index (κ3) is 3.76. The minimum Gasteiger partial charge on any atom is -0.317 e. The molecule has 5 nitrogen and oxygen atoms in total. The first-order chi connectivity index (χ1) is 12.8. The summed E-state index contributed by atoms with van der Waals surface area (Å²) in [5.74, 6) is 1.40. The highest BCUT2D eigenvalue weighted by atomic mass is 32.2. The fourth-order valence-electron chi connectivity index (χ4n) is 4.40. The van der Waals surface area contributed by atoms with E-state index in [-0.39, 0.29) is 0 Å². The molecule has 2 N–H and O–H groups in total. The van der Waals surface area contributed by atoms with Crippen molar-refractivity contribution in [1.29, 1.82) is 0 Å². The summed E-state index contributed by atoms with van der Waals surface area (Å²) in [6, 6.07) is 7.02. The van der Waals surface area contributed by atoms with E-state index in [0.29, 0.717) is 18.5 Å². The molecule has 0 aromatic heterocycles. The number of nitrogens with one attached hydrogen (secondary N) is 2. The van der Waals surface area contributed by atoms with Crippen molar-refractivity contribution in [2.45, 2.75) is 63.2 Å². The maximum atomic E-state index is 12.8. The summed E-state index contributed by atoms with van der Waals surface area (Å²) >= 11 is 0. The molecule has 3 aliphatic rings. The van der Waals surface area contributed by atoms with Crippen molar-refractivity contribution >= 4 is 15.7 Å². The lowest BCUT2D eigenvalue weighted by Gasteiger charge is -2.28. The Bertz CT molecular complexity index is 794. The Morgan fingerprint density at radius 1 is 1.22 bits per heavy atom. The normalized spacial score (nSPS) is 26.3. The van der Waals surface area contributed by atoms with Gasteiger partial charge in [0.15, 0.2) is 0 Å². The van der Waals surface area contributed by atoms with Crippen LogP contribution in [0.15, 0.2) is 18.2 Å². The van der Waals surface area contributed by atoms with E-state index in [9.17, 15) is 8.42 Å². The molecule has 1 aromatic carbocycles. The van der Waals surface area contributed by atoms with Gasteiger partial charge in [0.2, 0.25) is 10.0 Å². The van der Waals surface area contributed by atoms with Gasteiger partial charge in [0.05, 0.1) is 10.4 Å². The number of sulfonamides is 1. The number of benzene rings is 1. The number of anilines is 1. The van der Waals surface area contributed by atoms with Crippen LogP contribution in [0.2, 0.25) is 0 Å². The Balaban J connectivity index is 1.40. The Morgan fingerprint density at radius 2 is 1.96 bits per heavy atom. The van der Waals surface area contributed by atoms with Crippen molar-refractivity contribution < 1.29 is 8.42 Å². The smallest absolute Gasteiger partial charge is 0.240 e. The van der Waals surface area contributed by atoms with Crippen LogP contribution < -0.4 is 14.9 Å². The summed E-state index contributed by atoms with van der Waals surface area (Å²) in [6.45, 7) is 9.33. The van der Waals surface area contributed by atoms with Gasteiger partial charge in [0.1, 0.15) is 0 Å². The van der Waals surface area contributed by atoms with E-state index in [1.807, 2.05) is 6.07 Å². The van der Waals surface area contributed by atoms with Gasteiger partial charge in [-0.1, -0.05) is 12.1 Å². The minimum atomic E-state index is -3.32. The Kier molecular flexibility index (Phi) is 5.02. The molecule has 2 atom stereocenters. The molecular formula is C21H33N3O2S. The second-order valence-corrected chi connectivity index (χ2v) is 12.0. The van der Waals surface area contributed by atoms with Gasteiger partial charge in [-0.3, -0.25) is 4.31 Å². The maximum absolute atomic E-state index is 12.8. The van der Waals surface area contributed by atoms with Crippen LogP contribution in [0.5, 0.6) is 0 Å². The third-order valence-electron chi connectivity index (χ3n) is 6.37. The first-order valence-electron chi connectivity index (χ1n) is 10.4. The highest BCUT2D eigenvalue weighted by Crippen LogP contribution is 2.44. The van der Waals surface area contributed by atoms with Crippen molar-refractivity contribution in [2.24, 2.45) is 5.92 Å². The Hall–Kier alpha value is -1.11. The average Bonchev–Trinajstić information content (AvgIpc) is 3.28. The summed E-state index contributed by atoms with van der Waals surface area (Å²) in [7, 11) is -3.32. The molecule has 150 valence electrons. The van der Waals surface area contributed by atoms with Crippen LogP contribution in [0.3, 0.4) is 0 Å². The van der Waals surface area contributed by atoms with Crippen molar-refractivity contribution in [3.8, 4) is 0 Å². The van der Waals surface area contributed by atoms with Crippen molar-refractivity contribution in [3.63, 3.8) is 0 Å². The highest BCUT2D eigenvalue weighted by molar-refractivity contribution is 7.94. The molecule has 27 heavy (non-hydrogen) atoms. The molecule has 1 aromatic rings. The second kappa shape index (κ2) is 7.05. The first kappa shape index (κ1) is 19.2. The zero-order valence-corrected chi connectivity index (χ0v) is 17.6. The monoisotopic (exact) mass is 391 g/mol. The van der Waals surface area contributed by atoms with E-state index in [0.717, 1.165) is 37.7 Å². The quantitative estimate of drug-likeness (QED) is 0.810. The zero-order valence-electron chi connectivity index (χ0n) is 16.8. The lowest BCUT2D eigenvalue weighted by atomic mass is 9.98. The van der Waals surface area contributed by atoms with Gasteiger partial charge in [-0.05, 0) is 89.2 Å². The molecule has 1 aliphatic carbocycles. The molecule has 0 spiro atoms. The standard InChI is InChI=1S/C21H33N3O2S/c1-21(2,3)27(25,26)24-11-8-17-12-16(4-5-20(17)24)18-13-19(18)23-14-15-6-9-22-10-7-15/h4-5,12,15,18-19,22-23H,6-11,13-14H2,1-3H3/t18-,19+/m0/s1. The molecule has 0 radical (unpaired) electrons. The lowest BCUT2D eigenvalue weighted by molar-refractivity contribution is 0.355. The Labute approximate surface area is 164 Å². The molecule has 6 heteroatoms. The summed E-state index contributed by atoms with van der Waals surface area (Å²) in [4.78, 5) is 0. The number of fused-ring (bicyclic) bond motifs is 1. The third-order valence-corrected chi connectivity index (χ3v) is 8.87. The summed E-state index contributed by atoms with van der Waals surface area (Å²) < 4.78 is 26.5. The van der Waals surface area contributed by atoms with Crippen LogP contribution in [0.25, 0.3) is 0 Å². The second-order valence-electron chi connectivity index (χ2n) is 9.38. The molecule has 1 saturated carbocycles. The van der Waals surface area contributed by atoms with E-state index in [1.165, 1.54) is 30.4 Å². The van der Waals surface area contributed by atoms with E-state index in [4.69, 9.17) is 0 Å². The van der Waals surface area contributed by atoms with Crippen molar-refractivity contribution in [1.82, 2.24) is 10.6 Å². The number of rotatable bonds is 5. The zero-order chi connectivity index (χ0) is 19.2. The van der Waals surface area contributed by atoms with E-state index in [1.54, 1.807) is 25.1 Å². The number of hydrogen-bond acceptors (Lipinski definition) is 4. The van der Waals surface area contributed by atoms with Crippen LogP contribution in [-0.2, 0) is 16.4 Å². The molecular weight excluding hydrogens is 358 g/mol. The van der Waals surface area contributed by atoms with Gasteiger partial charge in [-0.25, -0.2) is 8.42 Å². The molecule has 0 amide bonds. The summed E-state index contributed by atoms with van der Waals surface area (Å²) in [5, 5.41) is 7.19. The maximum Gasteiger partial charge on any atom is 0.240 e. The summed E-state index contributed by atoms with van der Waals surface area (Å²) in [5.41, 5.74) is 3.43. The fourth-order valence-corrected chi connectivity index (χ4v) is 5.83. The summed E-state index contributed by atoms with van der Waals surface area (Å²) in [6.07, 6.45) is 4.58. The van der Waals surface area contributed by atoms with Crippen LogP contribution in [-0.4, -0.2) is 45.4 Å². The Morgan fingerprint density at radius 3 is 2.67 bits per heavy atom. The predicted molar refractivity (Wildman–Crippen MR) is 111 cm³/mol. The molecule has 4 rings (SSSR count). The van der Waals surface area contributed by atoms with Crippen LogP contribution in [0.4, 0.5) is 5.69 Å². The van der Waals surface area contributed by atoms with Crippen molar-refractivity contribution in [2.75, 3.05) is 30.5 Å². The molecule has 2 aliphatic heterocycles. The van der Waals surface area contributed by atoms with Gasteiger partial charge in [-0.2, -0.15) is 0 Å². The SMILES string of the molecule is CC(C)(C)S(=O)(=O)N1CCc2cc([C@@H]3C[C@H]3NCC3CCNCC3)ccc21. The van der Waals surface area contributed by atoms with Gasteiger partial charge in [-0.15, -0.1) is 0 Å². The molecule has 0 bridgehead atoms. The van der Waals surface area contributed by atoms with E-state index in [2.05, 4.69) is 22.8 Å². The largest absolute Gasteiger partial charge is 0.317 e. The highest BCUT2D eigenvalue weighted by Gasteiger charge is 2.41. The predicted octanol–water partition coefficient (Wildman–Crippen LogP) is 2.62. The minimum absolute atomic E-state index is 0.570. The van der Waals surface area contributed by atoms with Crippen LogP contribution in [0.1, 0.15) is 57.1 Å². The topological polar surface area (TPSA) is 61.4 Å². The average molecular weight is 392 g/mol. The van der Waals surface area contributed by atoms with Crippen molar-refractivity contribution in [3.05, 3.63) is 29.3 Å². The fraction of sp³-hybridized carbons (Fsp3) is 0.714. The molecule has 2 fully saturated rings. The van der Waals surface area contributed by atoms with Gasteiger partial charge < -0.3 is 10.6 Å². The van der Waals surface area contributed by atoms with E-state index >= 15 is 0 Å². The van der Waals surface area contributed by atoms with Crippen LogP contribution >= 0.6 is 0 Å². The molecule has 1 saturated heterocycles. The van der Waals surface area contributed by atoms with Gasteiger partial charge in [0.25, 0.3) is 0 Å². The van der Waals surface area contributed by atoms with Crippen LogP contribution in [0, 0.1) is 5.92 Å². The van der Waals surface area contributed by atoms with E-state index < -0.39 is 14.8 Å². The number of nitrogens with zero attached hydrogens (tertiary/aromatic N) is 1. The first-order valence-corrected chi connectivity index (χ1v) is 11.8. The van der Waals surface area contributed by atoms with Gasteiger partial charge in [0, 0.05) is 18.5 Å².